The molecule has 1 aromatic carbocycles. The van der Waals surface area contributed by atoms with Gasteiger partial charge in [0.05, 0.1) is 37.1 Å². The number of hydrogen-bond donors (Lipinski definition) is 3. The standard InChI is InChI=1S/C30H38F2N4O7/c1-16(33-13-23(37)43-30(2,3)4)28(39)34-12-22(32)17-7-6-10-35(14-17)25-21(31)11-19-24(27(25)42-5)36(18-8-9-18)15-20(26(19)38)29(40)41/h11,15-16,18,33H,6-10,12-14H2,1-5H3,(H,34,39)(H,40,41)/b22-17+/t16-/m0/s1. The lowest BCUT2D eigenvalue weighted by atomic mass is 10.0. The van der Waals surface area contributed by atoms with Crippen LogP contribution in [0.3, 0.4) is 0 Å². The molecule has 0 bridgehead atoms. The van der Waals surface area contributed by atoms with Crippen molar-refractivity contribution in [1.29, 1.82) is 0 Å². The molecule has 1 aromatic heterocycles. The largest absolute Gasteiger partial charge is 0.492 e. The van der Waals surface area contributed by atoms with Gasteiger partial charge in [0.15, 0.2) is 11.6 Å². The minimum atomic E-state index is -1.40. The van der Waals surface area contributed by atoms with Gasteiger partial charge in [-0.25, -0.2) is 13.6 Å². The van der Waals surface area contributed by atoms with Crippen LogP contribution in [-0.2, 0) is 14.3 Å². The Balaban J connectivity index is 1.53. The minimum absolute atomic E-state index is 0.0216. The smallest absolute Gasteiger partial charge is 0.341 e. The van der Waals surface area contributed by atoms with E-state index in [9.17, 15) is 24.3 Å². The molecule has 2 fully saturated rings. The van der Waals surface area contributed by atoms with E-state index in [4.69, 9.17) is 9.47 Å². The highest BCUT2D eigenvalue weighted by atomic mass is 19.1. The summed E-state index contributed by atoms with van der Waals surface area (Å²) >= 11 is 0. The lowest BCUT2D eigenvalue weighted by molar-refractivity contribution is -0.153. The molecule has 3 N–H and O–H groups in total. The number of carbonyl (C=O) groups excluding carboxylic acids is 2. The van der Waals surface area contributed by atoms with Crippen molar-refractivity contribution in [3.8, 4) is 5.75 Å². The molecule has 0 spiro atoms. The van der Waals surface area contributed by atoms with E-state index >= 15 is 8.78 Å². The molecule has 2 heterocycles. The maximum Gasteiger partial charge on any atom is 0.341 e. The Morgan fingerprint density at radius 2 is 1.91 bits per heavy atom. The van der Waals surface area contributed by atoms with Crippen molar-refractivity contribution in [1.82, 2.24) is 15.2 Å². The number of halogens is 2. The molecule has 1 aliphatic carbocycles. The molecular formula is C30H38F2N4O7. The third kappa shape index (κ3) is 7.32. The Morgan fingerprint density at radius 1 is 1.21 bits per heavy atom. The summed E-state index contributed by atoms with van der Waals surface area (Å²) in [4.78, 5) is 50.7. The number of amides is 1. The first kappa shape index (κ1) is 31.9. The molecule has 2 aromatic rings. The number of carbonyl (C=O) groups is 3. The van der Waals surface area contributed by atoms with Gasteiger partial charge in [-0.3, -0.25) is 19.7 Å². The lowest BCUT2D eigenvalue weighted by Gasteiger charge is -2.33. The highest BCUT2D eigenvalue weighted by Crippen LogP contribution is 2.44. The van der Waals surface area contributed by atoms with Crippen molar-refractivity contribution in [2.45, 2.75) is 71.1 Å². The van der Waals surface area contributed by atoms with Gasteiger partial charge in [0.1, 0.15) is 22.7 Å². The van der Waals surface area contributed by atoms with Crippen molar-refractivity contribution in [2.75, 3.05) is 38.2 Å². The van der Waals surface area contributed by atoms with Crippen molar-refractivity contribution < 1.29 is 37.7 Å². The summed E-state index contributed by atoms with van der Waals surface area (Å²) in [5.41, 5.74) is -1.18. The first-order chi connectivity index (χ1) is 20.2. The number of methoxy groups -OCH3 is 1. The summed E-state index contributed by atoms with van der Waals surface area (Å²) in [7, 11) is 1.35. The Hall–Kier alpha value is -4.00. The molecule has 11 nitrogen and oxygen atoms in total. The molecular weight excluding hydrogens is 566 g/mol. The van der Waals surface area contributed by atoms with Crippen LogP contribution in [0.25, 0.3) is 10.9 Å². The number of aromatic carboxylic acids is 1. The molecule has 2 aliphatic rings. The summed E-state index contributed by atoms with van der Waals surface area (Å²) in [6.45, 7) is 6.59. The Labute approximate surface area is 247 Å². The number of benzene rings is 1. The van der Waals surface area contributed by atoms with E-state index in [1.54, 1.807) is 37.2 Å². The van der Waals surface area contributed by atoms with Gasteiger partial charge in [0.25, 0.3) is 0 Å². The number of fused-ring (bicyclic) bond motifs is 1. The van der Waals surface area contributed by atoms with Gasteiger partial charge < -0.3 is 29.4 Å². The van der Waals surface area contributed by atoms with Crippen LogP contribution in [0.5, 0.6) is 5.75 Å². The summed E-state index contributed by atoms with van der Waals surface area (Å²) in [5.74, 6) is -3.68. The van der Waals surface area contributed by atoms with Gasteiger partial charge in [-0.05, 0) is 65.0 Å². The van der Waals surface area contributed by atoms with E-state index in [0.29, 0.717) is 30.5 Å². The second kappa shape index (κ2) is 12.7. The molecule has 13 heteroatoms. The number of rotatable bonds is 10. The molecule has 0 radical (unpaired) electrons. The zero-order valence-electron chi connectivity index (χ0n) is 25.0. The molecule has 1 aliphatic heterocycles. The number of piperidine rings is 1. The number of anilines is 1. The van der Waals surface area contributed by atoms with E-state index in [0.717, 1.165) is 18.9 Å². The van der Waals surface area contributed by atoms with Crippen LogP contribution in [0.15, 0.2) is 28.5 Å². The first-order valence-electron chi connectivity index (χ1n) is 14.2. The monoisotopic (exact) mass is 604 g/mol. The molecule has 0 unspecified atom stereocenters. The van der Waals surface area contributed by atoms with E-state index in [2.05, 4.69) is 10.6 Å². The Bertz CT molecular complexity index is 1530. The van der Waals surface area contributed by atoms with Crippen LogP contribution in [0.1, 0.15) is 69.8 Å². The second-order valence-electron chi connectivity index (χ2n) is 11.9. The molecule has 1 saturated heterocycles. The summed E-state index contributed by atoms with van der Waals surface area (Å²) in [6.07, 6.45) is 3.72. The normalized spacial score (nSPS) is 17.4. The maximum absolute atomic E-state index is 15.7. The fourth-order valence-electron chi connectivity index (χ4n) is 5.16. The highest BCUT2D eigenvalue weighted by Gasteiger charge is 2.32. The maximum atomic E-state index is 15.7. The van der Waals surface area contributed by atoms with Crippen LogP contribution >= 0.6 is 0 Å². The van der Waals surface area contributed by atoms with Gasteiger partial charge in [-0.1, -0.05) is 0 Å². The molecule has 43 heavy (non-hydrogen) atoms. The van der Waals surface area contributed by atoms with E-state index in [-0.39, 0.29) is 42.5 Å². The number of carboxylic acid groups (broad SMARTS) is 1. The number of nitrogens with one attached hydrogen (secondary N) is 2. The number of hydrogen-bond acceptors (Lipinski definition) is 8. The third-order valence-electron chi connectivity index (χ3n) is 7.34. The Kier molecular flexibility index (Phi) is 9.43. The number of esters is 1. The van der Waals surface area contributed by atoms with Crippen molar-refractivity contribution >= 4 is 34.4 Å². The molecule has 1 atom stereocenters. The average Bonchev–Trinajstić information content (AvgIpc) is 3.78. The SMILES string of the molecule is COc1c(N2CCC/C(=C(\F)CNC(=O)[C@H](C)NCC(=O)OC(C)(C)C)C2)c(F)cc2c(=O)c(C(=O)O)cn(C3CC3)c12. The van der Waals surface area contributed by atoms with Gasteiger partial charge in [-0.15, -0.1) is 0 Å². The van der Waals surface area contributed by atoms with Crippen LogP contribution in [-0.4, -0.2) is 72.5 Å². The number of aromatic nitrogens is 1. The lowest BCUT2D eigenvalue weighted by Crippen LogP contribution is -2.45. The fourth-order valence-corrected chi connectivity index (χ4v) is 5.16. The number of nitrogens with zero attached hydrogens (tertiary/aromatic N) is 2. The van der Waals surface area contributed by atoms with Gasteiger partial charge in [0, 0.05) is 25.3 Å². The van der Waals surface area contributed by atoms with E-state index in [1.165, 1.54) is 13.3 Å². The average molecular weight is 605 g/mol. The van der Waals surface area contributed by atoms with Crippen molar-refractivity contribution in [3.63, 3.8) is 0 Å². The predicted octanol–water partition coefficient (Wildman–Crippen LogP) is 3.44. The predicted molar refractivity (Wildman–Crippen MR) is 156 cm³/mol. The number of carboxylic acids is 1. The number of pyridine rings is 1. The fraction of sp³-hybridized carbons (Fsp3) is 0.533. The van der Waals surface area contributed by atoms with Crippen LogP contribution in [0, 0.1) is 5.82 Å². The van der Waals surface area contributed by atoms with Crippen LogP contribution < -0.4 is 25.7 Å². The highest BCUT2D eigenvalue weighted by molar-refractivity contribution is 5.97. The minimum Gasteiger partial charge on any atom is -0.492 e. The molecule has 234 valence electrons. The quantitative estimate of drug-likeness (QED) is 0.348. The zero-order valence-corrected chi connectivity index (χ0v) is 25.0. The Morgan fingerprint density at radius 3 is 2.51 bits per heavy atom. The van der Waals surface area contributed by atoms with E-state index in [1.807, 2.05) is 0 Å². The van der Waals surface area contributed by atoms with Gasteiger partial charge >= 0.3 is 11.9 Å². The molecule has 4 rings (SSSR count). The van der Waals surface area contributed by atoms with Crippen molar-refractivity contribution in [3.05, 3.63) is 45.3 Å². The van der Waals surface area contributed by atoms with Gasteiger partial charge in [0.2, 0.25) is 11.3 Å². The van der Waals surface area contributed by atoms with Crippen LogP contribution in [0.4, 0.5) is 14.5 Å². The summed E-state index contributed by atoms with van der Waals surface area (Å²) in [6, 6.07) is 0.197. The topological polar surface area (TPSA) is 139 Å². The zero-order chi connectivity index (χ0) is 31.6. The summed E-state index contributed by atoms with van der Waals surface area (Å²) < 4.78 is 43.5. The van der Waals surface area contributed by atoms with Crippen LogP contribution in [0.2, 0.25) is 0 Å². The number of ether oxygens (including phenoxy) is 2. The third-order valence-corrected chi connectivity index (χ3v) is 7.34. The second-order valence-corrected chi connectivity index (χ2v) is 11.9. The first-order valence-corrected chi connectivity index (χ1v) is 14.2. The summed E-state index contributed by atoms with van der Waals surface area (Å²) in [5, 5.41) is 14.7. The van der Waals surface area contributed by atoms with Crippen molar-refractivity contribution in [2.24, 2.45) is 0 Å². The molecule has 1 saturated carbocycles. The molecule has 1 amide bonds. The van der Waals surface area contributed by atoms with Gasteiger partial charge in [-0.2, -0.15) is 0 Å². The van der Waals surface area contributed by atoms with E-state index < -0.39 is 52.1 Å².